The summed E-state index contributed by atoms with van der Waals surface area (Å²) >= 11 is 0. The van der Waals surface area contributed by atoms with E-state index in [0.717, 1.165) is 34.4 Å². The number of imidazole rings is 1. The summed E-state index contributed by atoms with van der Waals surface area (Å²) in [5.74, 6) is 0.184. The second kappa shape index (κ2) is 10.7. The fraction of sp³-hybridized carbons (Fsp3) is 0.188. The number of rotatable bonds is 8. The Bertz CT molecular complexity index is 1780. The van der Waals surface area contributed by atoms with Crippen LogP contribution in [0.5, 0.6) is 0 Å². The standard InChI is InChI=1S/C32H32FN7/c1-7-20(15-21(8-2)36-19(3)18-32(4,5)6)22-16-23-27(17-24(22)33)39-40-28(23)31-37-26-12-14-35-29(30(26)38-31)25-11-9-10-13-34-25/h7-17,36H,2-3,18H2,1,4-6H3,(H,37,38)(H,39,40)/b20-7+,21-15+. The summed E-state index contributed by atoms with van der Waals surface area (Å²) in [6, 6.07) is 10.8. The van der Waals surface area contributed by atoms with E-state index in [1.165, 1.54) is 6.07 Å². The number of halogens is 1. The monoisotopic (exact) mass is 533 g/mol. The number of nitrogens with one attached hydrogen (secondary N) is 3. The Kier molecular flexibility index (Phi) is 7.17. The minimum absolute atomic E-state index is 0.0830. The van der Waals surface area contributed by atoms with Crippen LogP contribution in [0.1, 0.15) is 39.7 Å². The average molecular weight is 534 g/mol. The third-order valence-electron chi connectivity index (χ3n) is 6.40. The van der Waals surface area contributed by atoms with Gasteiger partial charge in [-0.3, -0.25) is 15.1 Å². The molecular formula is C32H32FN7. The number of benzene rings is 1. The molecule has 7 nitrogen and oxygen atoms in total. The summed E-state index contributed by atoms with van der Waals surface area (Å²) in [4.78, 5) is 17.1. The van der Waals surface area contributed by atoms with Crippen LogP contribution < -0.4 is 5.32 Å². The molecule has 3 N–H and O–H groups in total. The van der Waals surface area contributed by atoms with Gasteiger partial charge in [0.15, 0.2) is 5.82 Å². The molecule has 0 aliphatic heterocycles. The van der Waals surface area contributed by atoms with Crippen molar-refractivity contribution in [3.05, 3.63) is 103 Å². The molecule has 0 saturated carbocycles. The molecule has 0 fully saturated rings. The van der Waals surface area contributed by atoms with Crippen LogP contribution in [0.15, 0.2) is 91.6 Å². The van der Waals surface area contributed by atoms with Gasteiger partial charge in [-0.25, -0.2) is 9.37 Å². The van der Waals surface area contributed by atoms with Crippen LogP contribution in [0, 0.1) is 11.2 Å². The van der Waals surface area contributed by atoms with Gasteiger partial charge >= 0.3 is 0 Å². The highest BCUT2D eigenvalue weighted by Crippen LogP contribution is 2.33. The number of aromatic nitrogens is 6. The van der Waals surface area contributed by atoms with Gasteiger partial charge in [0.1, 0.15) is 22.7 Å². The topological polar surface area (TPSA) is 95.2 Å². The van der Waals surface area contributed by atoms with E-state index in [4.69, 9.17) is 4.98 Å². The maximum absolute atomic E-state index is 15.4. The smallest absolute Gasteiger partial charge is 0.159 e. The Morgan fingerprint density at radius 2 is 1.90 bits per heavy atom. The van der Waals surface area contributed by atoms with Gasteiger partial charge in [0.05, 0.1) is 16.7 Å². The molecule has 0 unspecified atom stereocenters. The highest BCUT2D eigenvalue weighted by Gasteiger charge is 2.19. The molecule has 40 heavy (non-hydrogen) atoms. The van der Waals surface area contributed by atoms with Crippen LogP contribution >= 0.6 is 0 Å². The molecule has 1 aromatic carbocycles. The van der Waals surface area contributed by atoms with Gasteiger partial charge in [0.25, 0.3) is 0 Å². The van der Waals surface area contributed by atoms with Crippen molar-refractivity contribution in [2.75, 3.05) is 0 Å². The number of hydrogen-bond acceptors (Lipinski definition) is 5. The molecule has 0 radical (unpaired) electrons. The van der Waals surface area contributed by atoms with E-state index < -0.39 is 0 Å². The van der Waals surface area contributed by atoms with E-state index in [-0.39, 0.29) is 11.2 Å². The predicted octanol–water partition coefficient (Wildman–Crippen LogP) is 7.72. The predicted molar refractivity (Wildman–Crippen MR) is 160 cm³/mol. The Morgan fingerprint density at radius 3 is 2.60 bits per heavy atom. The first kappa shape index (κ1) is 26.7. The van der Waals surface area contributed by atoms with Crippen LogP contribution in [0.4, 0.5) is 4.39 Å². The Labute approximate surface area is 232 Å². The third-order valence-corrected chi connectivity index (χ3v) is 6.40. The Hall–Kier alpha value is -4.85. The number of pyridine rings is 2. The molecule has 0 saturated heterocycles. The highest BCUT2D eigenvalue weighted by atomic mass is 19.1. The van der Waals surface area contributed by atoms with E-state index in [1.54, 1.807) is 24.5 Å². The zero-order valence-electron chi connectivity index (χ0n) is 23.1. The minimum Gasteiger partial charge on any atom is -0.359 e. The van der Waals surface area contributed by atoms with Gasteiger partial charge in [-0.05, 0) is 60.8 Å². The summed E-state index contributed by atoms with van der Waals surface area (Å²) < 4.78 is 15.4. The fourth-order valence-electron chi connectivity index (χ4n) is 4.70. The van der Waals surface area contributed by atoms with Crippen molar-refractivity contribution in [2.45, 2.75) is 34.1 Å². The molecule has 202 valence electrons. The van der Waals surface area contributed by atoms with E-state index in [2.05, 4.69) is 64.4 Å². The molecule has 5 rings (SSSR count). The molecule has 0 aliphatic carbocycles. The maximum Gasteiger partial charge on any atom is 0.159 e. The number of H-pyrrole nitrogens is 2. The van der Waals surface area contributed by atoms with Crippen LogP contribution in [0.2, 0.25) is 0 Å². The van der Waals surface area contributed by atoms with Crippen molar-refractivity contribution < 1.29 is 4.39 Å². The molecule has 0 bridgehead atoms. The molecule has 5 aromatic rings. The van der Waals surface area contributed by atoms with Crippen molar-refractivity contribution in [1.82, 2.24) is 35.5 Å². The van der Waals surface area contributed by atoms with Gasteiger partial charge in [0, 0.05) is 40.8 Å². The number of aromatic amines is 2. The molecule has 0 spiro atoms. The maximum atomic E-state index is 15.4. The first-order valence-corrected chi connectivity index (χ1v) is 13.1. The van der Waals surface area contributed by atoms with Crippen LogP contribution in [-0.4, -0.2) is 30.1 Å². The SMILES string of the molecule is C=C/C(=C\C(=C/C)c1cc2c(-c3nc4c(-c5ccccn5)nccc4[nH]3)n[nH]c2cc1F)NC(=C)CC(C)(C)C. The van der Waals surface area contributed by atoms with Gasteiger partial charge in [-0.2, -0.15) is 5.10 Å². The van der Waals surface area contributed by atoms with Crippen molar-refractivity contribution in [2.24, 2.45) is 5.41 Å². The minimum atomic E-state index is -0.366. The lowest BCUT2D eigenvalue weighted by Crippen LogP contribution is -2.16. The van der Waals surface area contributed by atoms with Crippen molar-refractivity contribution in [1.29, 1.82) is 0 Å². The summed E-state index contributed by atoms with van der Waals surface area (Å²) in [6.45, 7) is 16.4. The molecule has 4 aromatic heterocycles. The van der Waals surface area contributed by atoms with Crippen molar-refractivity contribution >= 4 is 27.5 Å². The fourth-order valence-corrected chi connectivity index (χ4v) is 4.70. The van der Waals surface area contributed by atoms with Crippen LogP contribution in [0.3, 0.4) is 0 Å². The molecular weight excluding hydrogens is 501 g/mol. The van der Waals surface area contributed by atoms with Gasteiger partial charge < -0.3 is 10.3 Å². The Balaban J connectivity index is 1.55. The molecule has 0 aliphatic rings. The zero-order valence-corrected chi connectivity index (χ0v) is 23.1. The summed E-state index contributed by atoms with van der Waals surface area (Å²) in [5.41, 5.74) is 6.86. The van der Waals surface area contributed by atoms with E-state index in [0.29, 0.717) is 39.4 Å². The number of fused-ring (bicyclic) bond motifs is 2. The second-order valence-electron chi connectivity index (χ2n) is 10.8. The lowest BCUT2D eigenvalue weighted by molar-refractivity contribution is 0.403. The normalized spacial score (nSPS) is 12.7. The lowest BCUT2D eigenvalue weighted by atomic mass is 9.91. The first-order chi connectivity index (χ1) is 19.2. The summed E-state index contributed by atoms with van der Waals surface area (Å²) in [6.07, 6.45) is 9.68. The van der Waals surface area contributed by atoms with Gasteiger partial charge in [0.2, 0.25) is 0 Å². The van der Waals surface area contributed by atoms with Gasteiger partial charge in [-0.1, -0.05) is 46.1 Å². The number of allylic oxidation sites excluding steroid dienone is 5. The third kappa shape index (κ3) is 5.47. The van der Waals surface area contributed by atoms with Crippen LogP contribution in [0.25, 0.3) is 50.4 Å². The van der Waals surface area contributed by atoms with Crippen molar-refractivity contribution in [3.8, 4) is 22.9 Å². The quantitative estimate of drug-likeness (QED) is 0.178. The number of hydrogen-bond donors (Lipinski definition) is 3. The molecule has 4 heterocycles. The summed E-state index contributed by atoms with van der Waals surface area (Å²) in [5, 5.41) is 11.5. The van der Waals surface area contributed by atoms with Gasteiger partial charge in [-0.15, -0.1) is 0 Å². The average Bonchev–Trinajstić information content (AvgIpc) is 3.53. The highest BCUT2D eigenvalue weighted by molar-refractivity contribution is 5.97. The lowest BCUT2D eigenvalue weighted by Gasteiger charge is -2.21. The molecule has 0 amide bonds. The second-order valence-corrected chi connectivity index (χ2v) is 10.8. The molecule has 8 heteroatoms. The summed E-state index contributed by atoms with van der Waals surface area (Å²) in [7, 11) is 0. The zero-order chi connectivity index (χ0) is 28.4. The molecule has 0 atom stereocenters. The first-order valence-electron chi connectivity index (χ1n) is 13.1. The number of nitrogens with zero attached hydrogens (tertiary/aromatic N) is 4. The Morgan fingerprint density at radius 1 is 1.07 bits per heavy atom. The van der Waals surface area contributed by atoms with Crippen LogP contribution in [-0.2, 0) is 0 Å². The van der Waals surface area contributed by atoms with E-state index >= 15 is 4.39 Å². The van der Waals surface area contributed by atoms with Crippen molar-refractivity contribution in [3.63, 3.8) is 0 Å². The van der Waals surface area contributed by atoms with E-state index in [9.17, 15) is 0 Å². The largest absolute Gasteiger partial charge is 0.359 e. The van der Waals surface area contributed by atoms with E-state index in [1.807, 2.05) is 43.3 Å².